The number of fused-ring (bicyclic) bond motifs is 1. The van der Waals surface area contributed by atoms with Crippen LogP contribution in [0.2, 0.25) is 0 Å². The average Bonchev–Trinajstić information content (AvgIpc) is 2.72. The second-order valence-electron chi connectivity index (χ2n) is 4.84. The van der Waals surface area contributed by atoms with Crippen molar-refractivity contribution in [3.05, 3.63) is 63.7 Å². The summed E-state index contributed by atoms with van der Waals surface area (Å²) in [6.45, 7) is 1.93. The molecule has 22 heavy (non-hydrogen) atoms. The van der Waals surface area contributed by atoms with E-state index in [0.717, 1.165) is 11.6 Å². The number of hydrogen-bond donors (Lipinski definition) is 1. The summed E-state index contributed by atoms with van der Waals surface area (Å²) in [7, 11) is -3.82. The van der Waals surface area contributed by atoms with Crippen LogP contribution in [0, 0.1) is 17.0 Å². The van der Waals surface area contributed by atoms with E-state index >= 15 is 0 Å². The van der Waals surface area contributed by atoms with Gasteiger partial charge in [-0.05, 0) is 25.1 Å². The number of nitrogens with one attached hydrogen (secondary N) is 1. The molecule has 0 aliphatic carbocycles. The van der Waals surface area contributed by atoms with Crippen LogP contribution in [0.1, 0.15) is 11.1 Å². The van der Waals surface area contributed by atoms with Crippen LogP contribution in [0.5, 0.6) is 0 Å². The van der Waals surface area contributed by atoms with Crippen molar-refractivity contribution >= 4 is 27.2 Å². The molecule has 0 unspecified atom stereocenters. The van der Waals surface area contributed by atoms with Crippen molar-refractivity contribution in [2.24, 2.45) is 4.40 Å². The molecule has 0 bridgehead atoms. The van der Waals surface area contributed by atoms with E-state index in [4.69, 9.17) is 0 Å². The number of anilines is 1. The van der Waals surface area contributed by atoms with E-state index in [1.54, 1.807) is 12.1 Å². The van der Waals surface area contributed by atoms with Crippen molar-refractivity contribution < 1.29 is 13.3 Å². The lowest BCUT2D eigenvalue weighted by Gasteiger charge is -2.06. The molecule has 8 heteroatoms. The van der Waals surface area contributed by atoms with E-state index in [9.17, 15) is 18.5 Å². The summed E-state index contributed by atoms with van der Waals surface area (Å²) in [5.41, 5.74) is 1.73. The van der Waals surface area contributed by atoms with Crippen LogP contribution in [0.25, 0.3) is 0 Å². The van der Waals surface area contributed by atoms with Crippen LogP contribution in [0.3, 0.4) is 0 Å². The van der Waals surface area contributed by atoms with E-state index in [0.29, 0.717) is 5.69 Å². The Morgan fingerprint density at radius 1 is 1.14 bits per heavy atom. The topological polar surface area (TPSA) is 102 Å². The molecule has 3 rings (SSSR count). The molecule has 0 atom stereocenters. The van der Waals surface area contributed by atoms with Crippen LogP contribution >= 0.6 is 0 Å². The highest BCUT2D eigenvalue weighted by atomic mass is 32.2. The third kappa shape index (κ3) is 2.44. The normalized spacial score (nSPS) is 15.0. The number of hydrogen-bond acceptors (Lipinski definition) is 5. The van der Waals surface area contributed by atoms with Gasteiger partial charge in [0.25, 0.3) is 15.7 Å². The second kappa shape index (κ2) is 4.92. The minimum Gasteiger partial charge on any atom is -0.339 e. The van der Waals surface area contributed by atoms with Crippen molar-refractivity contribution in [2.45, 2.75) is 11.8 Å². The van der Waals surface area contributed by atoms with Gasteiger partial charge >= 0.3 is 0 Å². The van der Waals surface area contributed by atoms with Crippen molar-refractivity contribution in [2.75, 3.05) is 5.32 Å². The van der Waals surface area contributed by atoms with Gasteiger partial charge in [-0.1, -0.05) is 17.7 Å². The van der Waals surface area contributed by atoms with Gasteiger partial charge in [0.1, 0.15) is 4.90 Å². The zero-order chi connectivity index (χ0) is 15.9. The average molecular weight is 317 g/mol. The van der Waals surface area contributed by atoms with Gasteiger partial charge in [0, 0.05) is 23.4 Å². The first kappa shape index (κ1) is 14.2. The Balaban J connectivity index is 2.05. The van der Waals surface area contributed by atoms with Crippen molar-refractivity contribution in [3.63, 3.8) is 0 Å². The molecule has 1 N–H and O–H groups in total. The number of benzene rings is 2. The van der Waals surface area contributed by atoms with Gasteiger partial charge in [0.05, 0.1) is 4.92 Å². The minimum atomic E-state index is -3.82. The molecule has 0 saturated carbocycles. The Kier molecular flexibility index (Phi) is 3.18. The van der Waals surface area contributed by atoms with Crippen molar-refractivity contribution in [1.29, 1.82) is 0 Å². The zero-order valence-electron chi connectivity index (χ0n) is 11.5. The number of nitro groups is 1. The number of aryl methyl sites for hydroxylation is 1. The molecule has 0 saturated heterocycles. The molecule has 1 aliphatic rings. The van der Waals surface area contributed by atoms with E-state index < -0.39 is 14.9 Å². The molecule has 0 amide bonds. The maximum atomic E-state index is 12.0. The fourth-order valence-electron chi connectivity index (χ4n) is 2.12. The van der Waals surface area contributed by atoms with Crippen molar-refractivity contribution in [3.8, 4) is 0 Å². The zero-order valence-corrected chi connectivity index (χ0v) is 12.3. The van der Waals surface area contributed by atoms with Gasteiger partial charge in [0.2, 0.25) is 0 Å². The summed E-state index contributed by atoms with van der Waals surface area (Å²) >= 11 is 0. The van der Waals surface area contributed by atoms with Gasteiger partial charge in [-0.2, -0.15) is 8.42 Å². The van der Waals surface area contributed by atoms with Gasteiger partial charge < -0.3 is 5.32 Å². The van der Waals surface area contributed by atoms with E-state index in [1.807, 2.05) is 19.1 Å². The van der Waals surface area contributed by atoms with Crippen LogP contribution in [-0.4, -0.2) is 19.2 Å². The predicted molar refractivity (Wildman–Crippen MR) is 81.6 cm³/mol. The number of sulfonamides is 1. The van der Waals surface area contributed by atoms with Crippen LogP contribution in [0.4, 0.5) is 11.4 Å². The first-order valence-corrected chi connectivity index (χ1v) is 7.78. The Morgan fingerprint density at radius 3 is 2.45 bits per heavy atom. The Labute approximate surface area is 126 Å². The van der Waals surface area contributed by atoms with Gasteiger partial charge in [-0.3, -0.25) is 10.1 Å². The predicted octanol–water partition coefficient (Wildman–Crippen LogP) is 2.46. The third-order valence-electron chi connectivity index (χ3n) is 3.23. The van der Waals surface area contributed by atoms with E-state index in [-0.39, 0.29) is 22.0 Å². The SMILES string of the molecule is Cc1ccc(NC2=NS(=O)(=O)c3ccc([N+](=O)[O-])cc32)cc1. The summed E-state index contributed by atoms with van der Waals surface area (Å²) in [6.07, 6.45) is 0. The van der Waals surface area contributed by atoms with Gasteiger partial charge in [0.15, 0.2) is 5.84 Å². The molecule has 0 spiro atoms. The van der Waals surface area contributed by atoms with Crippen LogP contribution < -0.4 is 5.32 Å². The summed E-state index contributed by atoms with van der Waals surface area (Å²) in [5, 5.41) is 13.8. The highest BCUT2D eigenvalue weighted by Gasteiger charge is 2.30. The lowest BCUT2D eigenvalue weighted by atomic mass is 10.1. The molecular weight excluding hydrogens is 306 g/mol. The molecular formula is C14H11N3O4S. The molecule has 2 aromatic carbocycles. The Morgan fingerprint density at radius 2 is 1.82 bits per heavy atom. The standard InChI is InChI=1S/C14H11N3O4S/c1-9-2-4-10(5-3-9)15-14-12-8-11(17(18)19)6-7-13(12)22(20,21)16-14/h2-8H,1H3,(H,15,16). The number of amidine groups is 1. The largest absolute Gasteiger partial charge is 0.339 e. The molecule has 7 nitrogen and oxygen atoms in total. The van der Waals surface area contributed by atoms with Crippen molar-refractivity contribution in [1.82, 2.24) is 0 Å². The monoisotopic (exact) mass is 317 g/mol. The van der Waals surface area contributed by atoms with Crippen LogP contribution in [-0.2, 0) is 10.0 Å². The fourth-order valence-corrected chi connectivity index (χ4v) is 3.28. The Hall–Kier alpha value is -2.74. The molecule has 0 aromatic heterocycles. The lowest BCUT2D eigenvalue weighted by Crippen LogP contribution is -2.11. The first-order chi connectivity index (χ1) is 10.4. The minimum absolute atomic E-state index is 0.0345. The highest BCUT2D eigenvalue weighted by Crippen LogP contribution is 2.30. The maximum Gasteiger partial charge on any atom is 0.285 e. The molecule has 112 valence electrons. The molecule has 1 aliphatic heterocycles. The first-order valence-electron chi connectivity index (χ1n) is 6.34. The number of nitrogens with zero attached hydrogens (tertiary/aromatic N) is 2. The van der Waals surface area contributed by atoms with Gasteiger partial charge in [-0.25, -0.2) is 0 Å². The fraction of sp³-hybridized carbons (Fsp3) is 0.0714. The van der Waals surface area contributed by atoms with Crippen LogP contribution in [0.15, 0.2) is 51.8 Å². The lowest BCUT2D eigenvalue weighted by molar-refractivity contribution is -0.384. The summed E-state index contributed by atoms with van der Waals surface area (Å²) in [5.74, 6) is 0.0857. The summed E-state index contributed by atoms with van der Waals surface area (Å²) < 4.78 is 27.6. The molecule has 2 aromatic rings. The quantitative estimate of drug-likeness (QED) is 0.677. The number of nitro benzene ring substituents is 1. The third-order valence-corrected chi connectivity index (χ3v) is 4.57. The maximum absolute atomic E-state index is 12.0. The number of non-ortho nitro benzene ring substituents is 1. The summed E-state index contributed by atoms with van der Waals surface area (Å²) in [4.78, 5) is 10.3. The van der Waals surface area contributed by atoms with E-state index in [2.05, 4.69) is 9.71 Å². The molecule has 0 fully saturated rings. The van der Waals surface area contributed by atoms with E-state index in [1.165, 1.54) is 12.1 Å². The highest BCUT2D eigenvalue weighted by molar-refractivity contribution is 7.90. The van der Waals surface area contributed by atoms with Gasteiger partial charge in [-0.15, -0.1) is 4.40 Å². The molecule has 0 radical (unpaired) electrons. The Bertz CT molecular complexity index is 902. The second-order valence-corrected chi connectivity index (χ2v) is 6.42. The summed E-state index contributed by atoms with van der Waals surface area (Å²) in [6, 6.07) is 10.8. The number of rotatable bonds is 2. The smallest absolute Gasteiger partial charge is 0.285 e. The molecule has 1 heterocycles.